The summed E-state index contributed by atoms with van der Waals surface area (Å²) in [5.41, 5.74) is 0.962. The second kappa shape index (κ2) is 8.46. The molecular weight excluding hydrogens is 350 g/mol. The number of ether oxygens (including phenoxy) is 1. The third-order valence-corrected chi connectivity index (χ3v) is 4.80. The first-order chi connectivity index (χ1) is 11.7. The molecule has 1 aromatic carbocycles. The van der Waals surface area contributed by atoms with Gasteiger partial charge in [0, 0.05) is 18.2 Å². The zero-order chi connectivity index (χ0) is 16.8. The second-order valence-electron chi connectivity index (χ2n) is 5.47. The van der Waals surface area contributed by atoms with Crippen LogP contribution in [0.1, 0.15) is 18.4 Å². The van der Waals surface area contributed by atoms with Gasteiger partial charge in [-0.3, -0.25) is 4.79 Å². The predicted octanol–water partition coefficient (Wildman–Crippen LogP) is 1.91. The Bertz CT molecular complexity index is 690. The number of carbonyl (C=O) groups excluding carboxylic acids is 1. The highest BCUT2D eigenvalue weighted by Crippen LogP contribution is 2.18. The molecule has 1 aliphatic heterocycles. The van der Waals surface area contributed by atoms with Gasteiger partial charge in [-0.2, -0.15) is 0 Å². The van der Waals surface area contributed by atoms with Crippen molar-refractivity contribution in [2.75, 3.05) is 12.4 Å². The van der Waals surface area contributed by atoms with Crippen molar-refractivity contribution in [1.82, 2.24) is 25.5 Å². The number of nitrogens with zero attached hydrogens (tertiary/aromatic N) is 4. The highest BCUT2D eigenvalue weighted by Gasteiger charge is 2.19. The molecule has 1 unspecified atom stereocenters. The van der Waals surface area contributed by atoms with Crippen LogP contribution in [0.15, 0.2) is 29.4 Å². The van der Waals surface area contributed by atoms with Crippen LogP contribution >= 0.6 is 23.4 Å². The van der Waals surface area contributed by atoms with Crippen LogP contribution < -0.4 is 5.32 Å². The smallest absolute Gasteiger partial charge is 0.230 e. The Morgan fingerprint density at radius 3 is 3.21 bits per heavy atom. The molecule has 7 nitrogen and oxygen atoms in total. The molecule has 24 heavy (non-hydrogen) atoms. The summed E-state index contributed by atoms with van der Waals surface area (Å²) < 4.78 is 7.29. The van der Waals surface area contributed by atoms with Crippen LogP contribution in [0.2, 0.25) is 5.02 Å². The molecule has 9 heteroatoms. The molecule has 1 aliphatic rings. The molecule has 1 fully saturated rings. The lowest BCUT2D eigenvalue weighted by molar-refractivity contribution is -0.118. The molecule has 1 atom stereocenters. The summed E-state index contributed by atoms with van der Waals surface area (Å²) in [6.07, 6.45) is 2.25. The summed E-state index contributed by atoms with van der Waals surface area (Å²) in [6.45, 7) is 1.86. The van der Waals surface area contributed by atoms with E-state index in [0.717, 1.165) is 25.0 Å². The minimum atomic E-state index is -0.0772. The van der Waals surface area contributed by atoms with Crippen molar-refractivity contribution in [2.24, 2.45) is 0 Å². The molecule has 0 aliphatic carbocycles. The van der Waals surface area contributed by atoms with Crippen molar-refractivity contribution in [2.45, 2.75) is 37.2 Å². The van der Waals surface area contributed by atoms with Crippen LogP contribution in [0.3, 0.4) is 0 Å². The van der Waals surface area contributed by atoms with Gasteiger partial charge < -0.3 is 10.1 Å². The Hall–Kier alpha value is -1.64. The van der Waals surface area contributed by atoms with Crippen LogP contribution in [0.4, 0.5) is 0 Å². The standard InChI is InChI=1S/C15H18ClN5O2S/c16-12-4-1-3-11(7-12)8-17-14(22)10-24-15-18-19-20-21(15)9-13-5-2-6-23-13/h1,3-4,7,13H,2,5-6,8-10H2,(H,17,22). The molecular formula is C15H18ClN5O2S. The SMILES string of the molecule is O=C(CSc1nnnn1CC1CCCO1)NCc1cccc(Cl)c1. The topological polar surface area (TPSA) is 81.9 Å². The average Bonchev–Trinajstić information content (AvgIpc) is 3.23. The van der Waals surface area contributed by atoms with Crippen molar-refractivity contribution in [1.29, 1.82) is 0 Å². The number of carbonyl (C=O) groups is 1. The van der Waals surface area contributed by atoms with Gasteiger partial charge in [0.1, 0.15) is 0 Å². The minimum absolute atomic E-state index is 0.0772. The highest BCUT2D eigenvalue weighted by molar-refractivity contribution is 7.99. The number of tetrazole rings is 1. The molecule has 1 amide bonds. The predicted molar refractivity (Wildman–Crippen MR) is 90.8 cm³/mol. The van der Waals surface area contributed by atoms with Crippen LogP contribution in [0.25, 0.3) is 0 Å². The van der Waals surface area contributed by atoms with Crippen LogP contribution in [0.5, 0.6) is 0 Å². The lowest BCUT2D eigenvalue weighted by Crippen LogP contribution is -2.25. The number of aromatic nitrogens is 4. The lowest BCUT2D eigenvalue weighted by Gasteiger charge is -2.10. The molecule has 1 N–H and O–H groups in total. The Kier molecular flexibility index (Phi) is 6.06. The number of halogens is 1. The van der Waals surface area contributed by atoms with E-state index in [2.05, 4.69) is 20.8 Å². The summed E-state index contributed by atoms with van der Waals surface area (Å²) in [4.78, 5) is 12.0. The molecule has 2 heterocycles. The van der Waals surface area contributed by atoms with Gasteiger partial charge in [-0.05, 0) is 41.0 Å². The molecule has 2 aromatic rings. The van der Waals surface area contributed by atoms with E-state index in [1.807, 2.05) is 18.2 Å². The van der Waals surface area contributed by atoms with Crippen LogP contribution in [-0.2, 0) is 22.6 Å². The second-order valence-corrected chi connectivity index (χ2v) is 6.85. The van der Waals surface area contributed by atoms with Crippen molar-refractivity contribution in [3.8, 4) is 0 Å². The normalized spacial score (nSPS) is 17.1. The Morgan fingerprint density at radius 2 is 2.42 bits per heavy atom. The summed E-state index contributed by atoms with van der Waals surface area (Å²) >= 11 is 7.24. The minimum Gasteiger partial charge on any atom is -0.376 e. The molecule has 1 aromatic heterocycles. The van der Waals surface area contributed by atoms with Gasteiger partial charge in [-0.25, -0.2) is 4.68 Å². The fourth-order valence-corrected chi connectivity index (χ4v) is 3.35. The molecule has 0 bridgehead atoms. The highest BCUT2D eigenvalue weighted by atomic mass is 35.5. The summed E-state index contributed by atoms with van der Waals surface area (Å²) in [7, 11) is 0. The Morgan fingerprint density at radius 1 is 1.50 bits per heavy atom. The maximum atomic E-state index is 12.0. The number of nitrogens with one attached hydrogen (secondary N) is 1. The van der Waals surface area contributed by atoms with Gasteiger partial charge in [0.05, 0.1) is 18.4 Å². The molecule has 1 saturated heterocycles. The van der Waals surface area contributed by atoms with Crippen molar-refractivity contribution in [3.63, 3.8) is 0 Å². The number of hydrogen-bond acceptors (Lipinski definition) is 6. The number of rotatable bonds is 7. The third-order valence-electron chi connectivity index (χ3n) is 3.61. The van der Waals surface area contributed by atoms with E-state index >= 15 is 0 Å². The molecule has 128 valence electrons. The van der Waals surface area contributed by atoms with Gasteiger partial charge in [-0.1, -0.05) is 35.5 Å². The Labute approximate surface area is 149 Å². The van der Waals surface area contributed by atoms with Crippen molar-refractivity contribution < 1.29 is 9.53 Å². The van der Waals surface area contributed by atoms with Gasteiger partial charge in [0.15, 0.2) is 0 Å². The van der Waals surface area contributed by atoms with Gasteiger partial charge in [0.25, 0.3) is 0 Å². The monoisotopic (exact) mass is 367 g/mol. The number of benzene rings is 1. The first-order valence-corrected chi connectivity index (χ1v) is 9.09. The van der Waals surface area contributed by atoms with E-state index < -0.39 is 0 Å². The average molecular weight is 368 g/mol. The van der Waals surface area contributed by atoms with Crippen molar-refractivity contribution >= 4 is 29.3 Å². The van der Waals surface area contributed by atoms with E-state index in [1.165, 1.54) is 11.8 Å². The maximum absolute atomic E-state index is 12.0. The maximum Gasteiger partial charge on any atom is 0.230 e. The zero-order valence-electron chi connectivity index (χ0n) is 13.0. The molecule has 0 saturated carbocycles. The molecule has 0 spiro atoms. The quantitative estimate of drug-likeness (QED) is 0.753. The summed E-state index contributed by atoms with van der Waals surface area (Å²) in [5.74, 6) is 0.179. The largest absolute Gasteiger partial charge is 0.376 e. The van der Waals surface area contributed by atoms with E-state index in [9.17, 15) is 4.79 Å². The van der Waals surface area contributed by atoms with Crippen LogP contribution in [0, 0.1) is 0 Å². The van der Waals surface area contributed by atoms with Gasteiger partial charge in [0.2, 0.25) is 11.1 Å². The fraction of sp³-hybridized carbons (Fsp3) is 0.467. The molecule has 3 rings (SSSR count). The number of thioether (sulfide) groups is 1. The first kappa shape index (κ1) is 17.2. The molecule has 0 radical (unpaired) electrons. The fourth-order valence-electron chi connectivity index (χ4n) is 2.42. The summed E-state index contributed by atoms with van der Waals surface area (Å²) in [5, 5.41) is 15.8. The zero-order valence-corrected chi connectivity index (χ0v) is 14.6. The first-order valence-electron chi connectivity index (χ1n) is 7.72. The van der Waals surface area contributed by atoms with E-state index in [0.29, 0.717) is 23.3 Å². The summed E-state index contributed by atoms with van der Waals surface area (Å²) in [6, 6.07) is 7.41. The van der Waals surface area contributed by atoms with Gasteiger partial charge in [-0.15, -0.1) is 5.10 Å². The van der Waals surface area contributed by atoms with E-state index in [1.54, 1.807) is 10.7 Å². The lowest BCUT2D eigenvalue weighted by atomic mass is 10.2. The Balaban J connectivity index is 1.45. The van der Waals surface area contributed by atoms with Crippen molar-refractivity contribution in [3.05, 3.63) is 34.9 Å². The number of hydrogen-bond donors (Lipinski definition) is 1. The van der Waals surface area contributed by atoms with E-state index in [-0.39, 0.29) is 17.8 Å². The van der Waals surface area contributed by atoms with E-state index in [4.69, 9.17) is 16.3 Å². The third kappa shape index (κ3) is 4.93. The van der Waals surface area contributed by atoms with Gasteiger partial charge >= 0.3 is 0 Å². The number of amides is 1. The van der Waals surface area contributed by atoms with Crippen LogP contribution in [-0.4, -0.2) is 44.6 Å².